The molecule has 0 fully saturated rings. The molecule has 0 saturated heterocycles. The fourth-order valence-corrected chi connectivity index (χ4v) is 3.99. The Bertz CT molecular complexity index is 1010. The van der Waals surface area contributed by atoms with Crippen molar-refractivity contribution in [2.75, 3.05) is 19.8 Å². The quantitative estimate of drug-likeness (QED) is 0.344. The van der Waals surface area contributed by atoms with Gasteiger partial charge in [0.05, 0.1) is 30.9 Å². The Morgan fingerprint density at radius 2 is 1.47 bits per heavy atom. The molecule has 0 aliphatic carbocycles. The lowest BCUT2D eigenvalue weighted by Crippen LogP contribution is -2.43. The molecule has 0 amide bonds. The number of carbonyl (C=O) groups is 2. The van der Waals surface area contributed by atoms with E-state index in [4.69, 9.17) is 14.2 Å². The van der Waals surface area contributed by atoms with E-state index < -0.39 is 29.9 Å². The zero-order chi connectivity index (χ0) is 22.9. The van der Waals surface area contributed by atoms with Crippen molar-refractivity contribution in [2.24, 2.45) is 5.92 Å². The molecule has 2 unspecified atom stereocenters. The van der Waals surface area contributed by atoms with Gasteiger partial charge >= 0.3 is 11.9 Å². The molecule has 168 valence electrons. The van der Waals surface area contributed by atoms with E-state index in [1.54, 1.807) is 20.0 Å². The third kappa shape index (κ3) is 5.14. The van der Waals surface area contributed by atoms with E-state index in [2.05, 4.69) is 4.98 Å². The van der Waals surface area contributed by atoms with Gasteiger partial charge in [0.25, 0.3) is 0 Å². The number of carbonyl (C=O) groups excluding carboxylic acids is 2. The highest BCUT2D eigenvalue weighted by Gasteiger charge is 2.44. The number of fused-ring (bicyclic) bond motifs is 1. The van der Waals surface area contributed by atoms with Crippen LogP contribution in [0.1, 0.15) is 37.9 Å². The monoisotopic (exact) mass is 435 g/mol. The summed E-state index contributed by atoms with van der Waals surface area (Å²) in [7, 11) is 0. The Morgan fingerprint density at radius 3 is 2.09 bits per heavy atom. The first-order valence-corrected chi connectivity index (χ1v) is 11.0. The minimum absolute atomic E-state index is 0.149. The number of aromatic nitrogens is 1. The smallest absolute Gasteiger partial charge is 0.323 e. The van der Waals surface area contributed by atoms with Gasteiger partial charge in [0, 0.05) is 12.8 Å². The number of rotatable bonds is 10. The highest BCUT2D eigenvalue weighted by Crippen LogP contribution is 2.37. The maximum Gasteiger partial charge on any atom is 0.323 e. The molecular formula is C26H29NO5. The number of nitrogens with zero attached hydrogens (tertiary/aromatic N) is 1. The molecule has 32 heavy (non-hydrogen) atoms. The summed E-state index contributed by atoms with van der Waals surface area (Å²) in [5.41, 5.74) is 1.61. The van der Waals surface area contributed by atoms with Crippen LogP contribution in [0.15, 0.2) is 66.9 Å². The Balaban J connectivity index is 2.23. The second-order valence-electron chi connectivity index (χ2n) is 7.20. The average Bonchev–Trinajstić information content (AvgIpc) is 2.81. The zero-order valence-electron chi connectivity index (χ0n) is 18.7. The van der Waals surface area contributed by atoms with Gasteiger partial charge in [-0.05, 0) is 49.2 Å². The van der Waals surface area contributed by atoms with E-state index in [1.807, 2.05) is 67.6 Å². The van der Waals surface area contributed by atoms with Gasteiger partial charge < -0.3 is 14.2 Å². The van der Waals surface area contributed by atoms with Crippen molar-refractivity contribution in [1.82, 2.24) is 4.98 Å². The van der Waals surface area contributed by atoms with Gasteiger partial charge in [-0.3, -0.25) is 14.6 Å². The number of esters is 2. The maximum absolute atomic E-state index is 13.0. The molecule has 0 aliphatic heterocycles. The van der Waals surface area contributed by atoms with Crippen molar-refractivity contribution < 1.29 is 23.8 Å². The molecule has 0 spiro atoms. The summed E-state index contributed by atoms with van der Waals surface area (Å²) < 4.78 is 16.7. The number of ether oxygens (including phenoxy) is 3. The third-order valence-corrected chi connectivity index (χ3v) is 5.26. The van der Waals surface area contributed by atoms with E-state index in [1.165, 1.54) is 0 Å². The molecule has 6 nitrogen and oxygen atoms in total. The number of hydrogen-bond donors (Lipinski definition) is 0. The van der Waals surface area contributed by atoms with Gasteiger partial charge in [0.2, 0.25) is 0 Å². The molecule has 6 heteroatoms. The van der Waals surface area contributed by atoms with Gasteiger partial charge in [0.1, 0.15) is 0 Å². The number of pyridine rings is 1. The van der Waals surface area contributed by atoms with Crippen molar-refractivity contribution in [3.8, 4) is 0 Å². The van der Waals surface area contributed by atoms with Gasteiger partial charge in [-0.1, -0.05) is 48.5 Å². The van der Waals surface area contributed by atoms with Crippen LogP contribution in [0.3, 0.4) is 0 Å². The third-order valence-electron chi connectivity index (χ3n) is 5.26. The largest absolute Gasteiger partial charge is 0.465 e. The first kappa shape index (κ1) is 23.4. The normalized spacial score (nSPS) is 13.0. The topological polar surface area (TPSA) is 74.7 Å². The number of benzene rings is 2. The van der Waals surface area contributed by atoms with Gasteiger partial charge in [-0.15, -0.1) is 0 Å². The lowest BCUT2D eigenvalue weighted by Gasteiger charge is -2.32. The van der Waals surface area contributed by atoms with E-state index in [9.17, 15) is 9.59 Å². The Labute approximate surface area is 188 Å². The summed E-state index contributed by atoms with van der Waals surface area (Å²) in [6.07, 6.45) is 0.832. The van der Waals surface area contributed by atoms with Crippen LogP contribution in [0.4, 0.5) is 0 Å². The first-order valence-electron chi connectivity index (χ1n) is 11.0. The lowest BCUT2D eigenvalue weighted by atomic mass is 9.81. The molecule has 3 aromatic rings. The molecule has 0 saturated carbocycles. The van der Waals surface area contributed by atoms with Crippen LogP contribution in [0.2, 0.25) is 0 Å². The second-order valence-corrected chi connectivity index (χ2v) is 7.20. The van der Waals surface area contributed by atoms with Crippen LogP contribution in [0.5, 0.6) is 0 Å². The van der Waals surface area contributed by atoms with Crippen molar-refractivity contribution in [1.29, 1.82) is 0 Å². The Kier molecular flexibility index (Phi) is 8.34. The Hall–Kier alpha value is -3.25. The molecule has 0 bridgehead atoms. The van der Waals surface area contributed by atoms with Crippen LogP contribution in [-0.4, -0.2) is 42.8 Å². The summed E-state index contributed by atoms with van der Waals surface area (Å²) in [6, 6.07) is 19.5. The minimum Gasteiger partial charge on any atom is -0.465 e. The lowest BCUT2D eigenvalue weighted by molar-refractivity contribution is -0.169. The SMILES string of the molecule is CCOC(=O)C(C(=O)OCC)C(OCC)C(c1ccccn1)c1cccc2ccccc12. The molecule has 3 rings (SSSR count). The van der Waals surface area contributed by atoms with Crippen molar-refractivity contribution in [2.45, 2.75) is 32.8 Å². The Morgan fingerprint density at radius 1 is 0.812 bits per heavy atom. The number of hydrogen-bond acceptors (Lipinski definition) is 6. The van der Waals surface area contributed by atoms with E-state index in [0.717, 1.165) is 16.3 Å². The summed E-state index contributed by atoms with van der Waals surface area (Å²) in [4.78, 5) is 30.5. The van der Waals surface area contributed by atoms with Crippen LogP contribution < -0.4 is 0 Å². The van der Waals surface area contributed by atoms with E-state index in [-0.39, 0.29) is 13.2 Å². The van der Waals surface area contributed by atoms with Crippen molar-refractivity contribution in [3.63, 3.8) is 0 Å². The summed E-state index contributed by atoms with van der Waals surface area (Å²) in [5, 5.41) is 2.05. The molecule has 0 radical (unpaired) electrons. The molecule has 0 N–H and O–H groups in total. The van der Waals surface area contributed by atoms with Crippen LogP contribution in [0.25, 0.3) is 10.8 Å². The first-order chi connectivity index (χ1) is 15.6. The fraction of sp³-hybridized carbons (Fsp3) is 0.346. The zero-order valence-corrected chi connectivity index (χ0v) is 18.7. The molecule has 0 aliphatic rings. The van der Waals surface area contributed by atoms with E-state index in [0.29, 0.717) is 12.3 Å². The van der Waals surface area contributed by atoms with Crippen molar-refractivity contribution >= 4 is 22.7 Å². The highest BCUT2D eigenvalue weighted by molar-refractivity contribution is 5.96. The second kappa shape index (κ2) is 11.4. The summed E-state index contributed by atoms with van der Waals surface area (Å²) >= 11 is 0. The molecule has 2 aromatic carbocycles. The van der Waals surface area contributed by atoms with Crippen LogP contribution >= 0.6 is 0 Å². The molecular weight excluding hydrogens is 406 g/mol. The predicted octanol–water partition coefficient (Wildman–Crippen LogP) is 4.51. The molecule has 1 aromatic heterocycles. The average molecular weight is 436 g/mol. The fourth-order valence-electron chi connectivity index (χ4n) is 3.99. The predicted molar refractivity (Wildman–Crippen MR) is 122 cm³/mol. The summed E-state index contributed by atoms with van der Waals surface area (Å²) in [5.74, 6) is -3.07. The van der Waals surface area contributed by atoms with Gasteiger partial charge in [-0.2, -0.15) is 0 Å². The van der Waals surface area contributed by atoms with Crippen LogP contribution in [0, 0.1) is 5.92 Å². The maximum atomic E-state index is 13.0. The summed E-state index contributed by atoms with van der Waals surface area (Å²) in [6.45, 7) is 5.84. The van der Waals surface area contributed by atoms with Gasteiger partial charge in [0.15, 0.2) is 5.92 Å². The van der Waals surface area contributed by atoms with Crippen LogP contribution in [-0.2, 0) is 23.8 Å². The van der Waals surface area contributed by atoms with E-state index >= 15 is 0 Å². The minimum atomic E-state index is -1.25. The molecule has 1 heterocycles. The highest BCUT2D eigenvalue weighted by atomic mass is 16.6. The van der Waals surface area contributed by atoms with Crippen molar-refractivity contribution in [3.05, 3.63) is 78.1 Å². The molecule has 2 atom stereocenters. The standard InChI is InChI=1S/C26H29NO5/c1-4-30-24(23(25(28)31-5-2)26(29)32-6-3)22(21-16-9-10-17-27-21)20-15-11-13-18-12-7-8-14-19(18)20/h7-17,22-24H,4-6H2,1-3H3. The van der Waals surface area contributed by atoms with Gasteiger partial charge in [-0.25, -0.2) is 0 Å².